The molecule has 0 saturated heterocycles. The van der Waals surface area contributed by atoms with Gasteiger partial charge in [0.1, 0.15) is 22.9 Å². The molecular weight excluding hydrogens is 323 g/mol. The molecular formula is C15H14Cl2N4O. The van der Waals surface area contributed by atoms with Gasteiger partial charge in [0, 0.05) is 0 Å². The molecule has 2 heterocycles. The van der Waals surface area contributed by atoms with Crippen LogP contribution < -0.4 is 0 Å². The lowest BCUT2D eigenvalue weighted by Gasteiger charge is -1.90. The molecule has 3 N–H and O–H groups in total. The van der Waals surface area contributed by atoms with Crippen molar-refractivity contribution in [3.8, 4) is 5.75 Å². The summed E-state index contributed by atoms with van der Waals surface area (Å²) >= 11 is 0. The van der Waals surface area contributed by atoms with E-state index in [9.17, 15) is 5.11 Å². The predicted octanol–water partition coefficient (Wildman–Crippen LogP) is 3.58. The summed E-state index contributed by atoms with van der Waals surface area (Å²) in [7, 11) is 0. The van der Waals surface area contributed by atoms with Crippen LogP contribution in [0.25, 0.3) is 22.1 Å². The summed E-state index contributed by atoms with van der Waals surface area (Å²) in [5, 5.41) is 9.76. The fourth-order valence-electron chi connectivity index (χ4n) is 2.40. The van der Waals surface area contributed by atoms with E-state index < -0.39 is 0 Å². The number of hydrogen-bond donors (Lipinski definition) is 3. The van der Waals surface area contributed by atoms with Gasteiger partial charge in [0.05, 0.1) is 23.0 Å². The Hall–Kier alpha value is -2.24. The number of halogens is 2. The van der Waals surface area contributed by atoms with E-state index in [-0.39, 0.29) is 30.6 Å². The van der Waals surface area contributed by atoms with Crippen LogP contribution in [-0.4, -0.2) is 25.0 Å². The molecule has 2 aromatic heterocycles. The van der Waals surface area contributed by atoms with Gasteiger partial charge >= 0.3 is 0 Å². The van der Waals surface area contributed by atoms with Crippen LogP contribution >= 0.6 is 24.8 Å². The Morgan fingerprint density at radius 3 is 2.27 bits per heavy atom. The molecule has 0 saturated carbocycles. The second kappa shape index (κ2) is 6.25. The topological polar surface area (TPSA) is 77.6 Å². The number of imidazole rings is 2. The first-order chi connectivity index (χ1) is 9.79. The van der Waals surface area contributed by atoms with E-state index in [1.807, 2.05) is 30.3 Å². The number of nitrogens with one attached hydrogen (secondary N) is 2. The van der Waals surface area contributed by atoms with Crippen molar-refractivity contribution in [1.29, 1.82) is 0 Å². The minimum Gasteiger partial charge on any atom is -0.506 e. The van der Waals surface area contributed by atoms with Gasteiger partial charge in [-0.3, -0.25) is 0 Å². The summed E-state index contributed by atoms with van der Waals surface area (Å²) in [4.78, 5) is 15.4. The van der Waals surface area contributed by atoms with Gasteiger partial charge in [0.25, 0.3) is 0 Å². The summed E-state index contributed by atoms with van der Waals surface area (Å²) in [5.41, 5.74) is 3.39. The van der Waals surface area contributed by atoms with Crippen LogP contribution in [-0.2, 0) is 6.42 Å². The number of para-hydroxylation sites is 3. The number of hydrogen-bond acceptors (Lipinski definition) is 3. The zero-order chi connectivity index (χ0) is 13.5. The van der Waals surface area contributed by atoms with Gasteiger partial charge in [-0.05, 0) is 24.3 Å². The number of aromatic nitrogens is 4. The first-order valence-corrected chi connectivity index (χ1v) is 6.40. The molecule has 0 aliphatic rings. The van der Waals surface area contributed by atoms with Crippen LogP contribution in [0.1, 0.15) is 11.6 Å². The summed E-state index contributed by atoms with van der Waals surface area (Å²) in [6.07, 6.45) is 0.572. The van der Waals surface area contributed by atoms with Crippen molar-refractivity contribution < 1.29 is 5.11 Å². The fourth-order valence-corrected chi connectivity index (χ4v) is 2.40. The van der Waals surface area contributed by atoms with Crippen LogP contribution in [0.15, 0.2) is 42.5 Å². The van der Waals surface area contributed by atoms with E-state index in [1.54, 1.807) is 12.1 Å². The van der Waals surface area contributed by atoms with Crippen LogP contribution in [0.4, 0.5) is 0 Å². The number of fused-ring (bicyclic) bond motifs is 2. The van der Waals surface area contributed by atoms with Crippen molar-refractivity contribution in [1.82, 2.24) is 19.9 Å². The van der Waals surface area contributed by atoms with Crippen molar-refractivity contribution >= 4 is 46.9 Å². The molecule has 0 radical (unpaired) electrons. The second-order valence-corrected chi connectivity index (χ2v) is 4.73. The van der Waals surface area contributed by atoms with E-state index >= 15 is 0 Å². The molecule has 114 valence electrons. The molecule has 4 aromatic rings. The Labute approximate surface area is 138 Å². The lowest BCUT2D eigenvalue weighted by atomic mass is 10.3. The van der Waals surface area contributed by atoms with Crippen molar-refractivity contribution in [2.75, 3.05) is 0 Å². The second-order valence-electron chi connectivity index (χ2n) is 4.73. The van der Waals surface area contributed by atoms with Crippen molar-refractivity contribution in [3.63, 3.8) is 0 Å². The molecule has 0 atom stereocenters. The van der Waals surface area contributed by atoms with Gasteiger partial charge in [0.2, 0.25) is 0 Å². The number of phenols is 1. The van der Waals surface area contributed by atoms with Gasteiger partial charge in [0.15, 0.2) is 0 Å². The van der Waals surface area contributed by atoms with Gasteiger partial charge in [-0.25, -0.2) is 9.97 Å². The Morgan fingerprint density at radius 2 is 1.50 bits per heavy atom. The summed E-state index contributed by atoms with van der Waals surface area (Å²) in [5.74, 6) is 1.82. The molecule has 2 aromatic carbocycles. The summed E-state index contributed by atoms with van der Waals surface area (Å²) in [6, 6.07) is 13.2. The smallest absolute Gasteiger partial charge is 0.143 e. The zero-order valence-corrected chi connectivity index (χ0v) is 13.0. The highest BCUT2D eigenvalue weighted by molar-refractivity contribution is 5.85. The number of H-pyrrole nitrogens is 2. The molecule has 0 aliphatic carbocycles. The van der Waals surface area contributed by atoms with Crippen LogP contribution in [0.3, 0.4) is 0 Å². The lowest BCUT2D eigenvalue weighted by molar-refractivity contribution is 0.480. The highest BCUT2D eigenvalue weighted by atomic mass is 35.5. The largest absolute Gasteiger partial charge is 0.506 e. The van der Waals surface area contributed by atoms with E-state index in [0.717, 1.165) is 28.2 Å². The van der Waals surface area contributed by atoms with Gasteiger partial charge < -0.3 is 15.1 Å². The molecule has 0 unspecified atom stereocenters. The average molecular weight is 337 g/mol. The molecule has 0 spiro atoms. The number of rotatable bonds is 2. The average Bonchev–Trinajstić information content (AvgIpc) is 3.02. The lowest BCUT2D eigenvalue weighted by Crippen LogP contribution is -1.92. The molecule has 22 heavy (non-hydrogen) atoms. The fraction of sp³-hybridized carbons (Fsp3) is 0.0667. The van der Waals surface area contributed by atoms with E-state index in [1.165, 1.54) is 0 Å². The third kappa shape index (κ3) is 2.73. The minimum absolute atomic E-state index is 0. The number of benzene rings is 2. The molecule has 5 nitrogen and oxygen atoms in total. The Bertz CT molecular complexity index is 883. The molecule has 0 bridgehead atoms. The normalized spacial score (nSPS) is 10.4. The molecule has 7 heteroatoms. The zero-order valence-electron chi connectivity index (χ0n) is 11.4. The maximum absolute atomic E-state index is 9.76. The predicted molar refractivity (Wildman–Crippen MR) is 91.2 cm³/mol. The van der Waals surface area contributed by atoms with Gasteiger partial charge in [-0.1, -0.05) is 18.2 Å². The highest BCUT2D eigenvalue weighted by Crippen LogP contribution is 2.22. The van der Waals surface area contributed by atoms with Crippen molar-refractivity contribution in [2.24, 2.45) is 0 Å². The minimum atomic E-state index is 0. The van der Waals surface area contributed by atoms with Gasteiger partial charge in [-0.15, -0.1) is 24.8 Å². The molecule has 0 aliphatic heterocycles. The highest BCUT2D eigenvalue weighted by Gasteiger charge is 2.09. The first-order valence-electron chi connectivity index (χ1n) is 6.40. The maximum atomic E-state index is 9.76. The van der Waals surface area contributed by atoms with Gasteiger partial charge in [-0.2, -0.15) is 0 Å². The Morgan fingerprint density at radius 1 is 0.818 bits per heavy atom. The summed E-state index contributed by atoms with van der Waals surface area (Å²) < 4.78 is 0. The third-order valence-corrected chi connectivity index (χ3v) is 3.31. The number of aromatic amines is 2. The van der Waals surface area contributed by atoms with E-state index in [4.69, 9.17) is 0 Å². The van der Waals surface area contributed by atoms with Crippen LogP contribution in [0.5, 0.6) is 5.75 Å². The quantitative estimate of drug-likeness (QED) is 0.523. The van der Waals surface area contributed by atoms with Crippen LogP contribution in [0.2, 0.25) is 0 Å². The third-order valence-electron chi connectivity index (χ3n) is 3.31. The van der Waals surface area contributed by atoms with Crippen molar-refractivity contribution in [2.45, 2.75) is 6.42 Å². The number of nitrogens with zero attached hydrogens (tertiary/aromatic N) is 2. The Balaban J connectivity index is 0.000000882. The summed E-state index contributed by atoms with van der Waals surface area (Å²) in [6.45, 7) is 0. The number of phenolic OH excluding ortho intramolecular Hbond substituents is 1. The van der Waals surface area contributed by atoms with E-state index in [2.05, 4.69) is 19.9 Å². The molecule has 0 amide bonds. The monoisotopic (exact) mass is 336 g/mol. The first kappa shape index (κ1) is 16.1. The maximum Gasteiger partial charge on any atom is 0.143 e. The molecule has 0 fully saturated rings. The van der Waals surface area contributed by atoms with Crippen LogP contribution in [0, 0.1) is 0 Å². The Kier molecular flexibility index (Phi) is 4.59. The molecule has 4 rings (SSSR count). The van der Waals surface area contributed by atoms with E-state index in [0.29, 0.717) is 11.9 Å². The number of aromatic hydroxyl groups is 1. The SMILES string of the molecule is Cl.Cl.Oc1cccc2[nH]c(Cc3nc4ccccc4[nH]3)nc12. The van der Waals surface area contributed by atoms with Crippen molar-refractivity contribution in [3.05, 3.63) is 54.1 Å². The standard InChI is InChI=1S/C15H12N4O.2ClH/c20-12-7-3-6-11-15(12)19-14(18-11)8-13-16-9-4-1-2-5-10(9)17-13;;/h1-7,20H,8H2,(H,16,17)(H,18,19);2*1H.